The number of hydrogen-bond donors (Lipinski definition) is 1. The van der Waals surface area contributed by atoms with E-state index >= 15 is 0 Å². The highest BCUT2D eigenvalue weighted by atomic mass is 35.5. The number of fused-ring (bicyclic) bond motifs is 1. The first-order valence-corrected chi connectivity index (χ1v) is 7.94. The van der Waals surface area contributed by atoms with Crippen LogP contribution in [-0.4, -0.2) is 18.7 Å². The molecule has 6 nitrogen and oxygen atoms in total. The Kier molecular flexibility index (Phi) is 3.50. The van der Waals surface area contributed by atoms with E-state index in [0.29, 0.717) is 5.56 Å². The Balaban J connectivity index is 2.09. The highest BCUT2D eigenvalue weighted by Gasteiger charge is 2.22. The molecule has 0 saturated heterocycles. The molecule has 1 aromatic heterocycles. The average Bonchev–Trinajstić information content (AvgIpc) is 2.92. The third-order valence-corrected chi connectivity index (χ3v) is 4.75. The summed E-state index contributed by atoms with van der Waals surface area (Å²) in [6, 6.07) is 6.43. The van der Waals surface area contributed by atoms with Crippen LogP contribution in [0.15, 0.2) is 39.9 Å². The zero-order valence-corrected chi connectivity index (χ0v) is 12.7. The number of nitrogens with zero attached hydrogens (tertiary/aromatic N) is 2. The first kappa shape index (κ1) is 14.7. The second-order valence-electron chi connectivity index (χ2n) is 4.57. The van der Waals surface area contributed by atoms with Crippen molar-refractivity contribution in [3.05, 3.63) is 46.7 Å². The molecule has 0 spiro atoms. The predicted molar refractivity (Wildman–Crippen MR) is 78.8 cm³/mol. The molecule has 3 rings (SSSR count). The fraction of sp³-hybridized carbons (Fsp3) is 0.0769. The predicted octanol–water partition coefficient (Wildman–Crippen LogP) is 3.12. The van der Waals surface area contributed by atoms with Crippen LogP contribution in [0.25, 0.3) is 11.0 Å². The fourth-order valence-corrected chi connectivity index (χ4v) is 3.42. The van der Waals surface area contributed by atoms with Crippen molar-refractivity contribution in [2.24, 2.45) is 0 Å². The van der Waals surface area contributed by atoms with Crippen molar-refractivity contribution in [3.8, 4) is 0 Å². The van der Waals surface area contributed by atoms with E-state index < -0.39 is 15.8 Å². The minimum absolute atomic E-state index is 0.0276. The molecule has 0 amide bonds. The Hall–Kier alpha value is -2.19. The van der Waals surface area contributed by atoms with Crippen molar-refractivity contribution in [1.29, 1.82) is 0 Å². The van der Waals surface area contributed by atoms with Crippen LogP contribution in [0.5, 0.6) is 0 Å². The lowest BCUT2D eigenvalue weighted by molar-refractivity contribution is 0.315. The molecule has 0 unspecified atom stereocenters. The standard InChI is InChI=1S/C13H9ClFN3O3S/c1-7-6-8(15)2-4-10(7)18-22(19,20)11-5-3-9(14)12-13(11)17-21-16-12/h2-6,18H,1H3. The highest BCUT2D eigenvalue weighted by Crippen LogP contribution is 2.28. The van der Waals surface area contributed by atoms with Crippen molar-refractivity contribution < 1.29 is 17.4 Å². The van der Waals surface area contributed by atoms with E-state index in [2.05, 4.69) is 19.7 Å². The summed E-state index contributed by atoms with van der Waals surface area (Å²) >= 11 is 5.90. The largest absolute Gasteiger partial charge is 0.279 e. The molecule has 0 atom stereocenters. The fourth-order valence-electron chi connectivity index (χ4n) is 1.97. The van der Waals surface area contributed by atoms with Gasteiger partial charge in [0.05, 0.1) is 10.7 Å². The van der Waals surface area contributed by atoms with Crippen LogP contribution in [-0.2, 0) is 10.0 Å². The van der Waals surface area contributed by atoms with Crippen molar-refractivity contribution >= 4 is 38.3 Å². The number of hydrogen-bond acceptors (Lipinski definition) is 5. The lowest BCUT2D eigenvalue weighted by atomic mass is 10.2. The van der Waals surface area contributed by atoms with Crippen LogP contribution in [0.4, 0.5) is 10.1 Å². The van der Waals surface area contributed by atoms with Crippen molar-refractivity contribution in [2.75, 3.05) is 4.72 Å². The van der Waals surface area contributed by atoms with Gasteiger partial charge in [0.15, 0.2) is 11.0 Å². The Bertz CT molecular complexity index is 972. The van der Waals surface area contributed by atoms with Gasteiger partial charge in [0, 0.05) is 0 Å². The number of anilines is 1. The topological polar surface area (TPSA) is 85.1 Å². The van der Waals surface area contributed by atoms with E-state index in [4.69, 9.17) is 11.6 Å². The number of sulfonamides is 1. The van der Waals surface area contributed by atoms with Crippen LogP contribution in [0.2, 0.25) is 5.02 Å². The maximum atomic E-state index is 13.1. The van der Waals surface area contributed by atoms with Gasteiger partial charge in [-0.2, -0.15) is 0 Å². The smallest absolute Gasteiger partial charge is 0.264 e. The van der Waals surface area contributed by atoms with Gasteiger partial charge in [0.25, 0.3) is 10.0 Å². The highest BCUT2D eigenvalue weighted by molar-refractivity contribution is 7.93. The van der Waals surface area contributed by atoms with Crippen LogP contribution < -0.4 is 4.72 Å². The van der Waals surface area contributed by atoms with Gasteiger partial charge in [-0.05, 0) is 53.1 Å². The Morgan fingerprint density at radius 1 is 1.18 bits per heavy atom. The number of rotatable bonds is 3. The molecular weight excluding hydrogens is 333 g/mol. The molecule has 0 radical (unpaired) electrons. The molecular formula is C13H9ClFN3O3S. The van der Waals surface area contributed by atoms with E-state index in [1.807, 2.05) is 0 Å². The first-order valence-electron chi connectivity index (χ1n) is 6.08. The average molecular weight is 342 g/mol. The SMILES string of the molecule is Cc1cc(F)ccc1NS(=O)(=O)c1ccc(Cl)c2nonc12. The molecule has 0 fully saturated rings. The Labute approximate surface area is 129 Å². The Morgan fingerprint density at radius 3 is 2.64 bits per heavy atom. The van der Waals surface area contributed by atoms with Gasteiger partial charge >= 0.3 is 0 Å². The third-order valence-electron chi connectivity index (χ3n) is 3.05. The zero-order valence-electron chi connectivity index (χ0n) is 11.2. The quantitative estimate of drug-likeness (QED) is 0.791. The second kappa shape index (κ2) is 5.22. The first-order chi connectivity index (χ1) is 10.4. The maximum absolute atomic E-state index is 13.1. The summed E-state index contributed by atoms with van der Waals surface area (Å²) in [6.07, 6.45) is 0. The Morgan fingerprint density at radius 2 is 1.91 bits per heavy atom. The molecule has 1 N–H and O–H groups in total. The monoisotopic (exact) mass is 341 g/mol. The molecule has 2 aromatic carbocycles. The summed E-state index contributed by atoms with van der Waals surface area (Å²) in [5, 5.41) is 7.37. The molecule has 0 aliphatic rings. The van der Waals surface area contributed by atoms with E-state index in [0.717, 1.165) is 0 Å². The van der Waals surface area contributed by atoms with Gasteiger partial charge < -0.3 is 0 Å². The molecule has 0 aliphatic carbocycles. The second-order valence-corrected chi connectivity index (χ2v) is 6.63. The molecule has 1 heterocycles. The van der Waals surface area contributed by atoms with Gasteiger partial charge in [0.2, 0.25) is 0 Å². The summed E-state index contributed by atoms with van der Waals surface area (Å²) in [4.78, 5) is -0.128. The molecule has 0 saturated carbocycles. The number of aryl methyl sites for hydroxylation is 1. The molecule has 22 heavy (non-hydrogen) atoms. The van der Waals surface area contributed by atoms with Crippen molar-refractivity contribution in [1.82, 2.24) is 10.3 Å². The van der Waals surface area contributed by atoms with E-state index in [1.54, 1.807) is 6.92 Å². The van der Waals surface area contributed by atoms with Gasteiger partial charge in [-0.15, -0.1) is 0 Å². The summed E-state index contributed by atoms with van der Waals surface area (Å²) in [7, 11) is -3.96. The van der Waals surface area contributed by atoms with E-state index in [-0.39, 0.29) is 26.6 Å². The lowest BCUT2D eigenvalue weighted by Gasteiger charge is -2.10. The van der Waals surface area contributed by atoms with Gasteiger partial charge in [-0.3, -0.25) is 4.72 Å². The number of aromatic nitrogens is 2. The van der Waals surface area contributed by atoms with Crippen LogP contribution in [0.1, 0.15) is 5.56 Å². The molecule has 9 heteroatoms. The van der Waals surface area contributed by atoms with Crippen LogP contribution >= 0.6 is 11.6 Å². The molecule has 114 valence electrons. The summed E-state index contributed by atoms with van der Waals surface area (Å²) in [6.45, 7) is 1.59. The van der Waals surface area contributed by atoms with Gasteiger partial charge in [-0.25, -0.2) is 17.4 Å². The lowest BCUT2D eigenvalue weighted by Crippen LogP contribution is -2.14. The van der Waals surface area contributed by atoms with Crippen LogP contribution in [0.3, 0.4) is 0 Å². The number of benzene rings is 2. The van der Waals surface area contributed by atoms with Crippen molar-refractivity contribution in [2.45, 2.75) is 11.8 Å². The van der Waals surface area contributed by atoms with Gasteiger partial charge in [-0.1, -0.05) is 11.6 Å². The van der Waals surface area contributed by atoms with E-state index in [1.165, 1.54) is 30.3 Å². The molecule has 0 aliphatic heterocycles. The summed E-state index contributed by atoms with van der Waals surface area (Å²) in [5.41, 5.74) is 0.896. The number of nitrogens with one attached hydrogen (secondary N) is 1. The minimum Gasteiger partial charge on any atom is -0.279 e. The number of halogens is 2. The minimum atomic E-state index is -3.96. The van der Waals surface area contributed by atoms with Crippen LogP contribution in [0, 0.1) is 12.7 Å². The normalized spacial score (nSPS) is 11.8. The zero-order chi connectivity index (χ0) is 15.9. The third kappa shape index (κ3) is 2.51. The van der Waals surface area contributed by atoms with E-state index in [9.17, 15) is 12.8 Å². The maximum Gasteiger partial charge on any atom is 0.264 e. The molecule has 3 aromatic rings. The van der Waals surface area contributed by atoms with Crippen molar-refractivity contribution in [3.63, 3.8) is 0 Å². The molecule has 0 bridgehead atoms. The summed E-state index contributed by atoms with van der Waals surface area (Å²) in [5.74, 6) is -0.449. The summed E-state index contributed by atoms with van der Waals surface area (Å²) < 4.78 is 45.0. The van der Waals surface area contributed by atoms with Gasteiger partial charge in [0.1, 0.15) is 10.7 Å².